The van der Waals surface area contributed by atoms with Crippen LogP contribution in [0.3, 0.4) is 0 Å². The fourth-order valence-electron chi connectivity index (χ4n) is 4.66. The van der Waals surface area contributed by atoms with Crippen molar-refractivity contribution in [2.75, 3.05) is 18.0 Å². The number of piperidine rings is 1. The molecular formula is C26H25F2N3O4S2. The molecule has 2 aromatic carbocycles. The number of hydrogen-bond acceptors (Lipinski definition) is 6. The van der Waals surface area contributed by atoms with Crippen molar-refractivity contribution < 1.29 is 26.4 Å². The molecule has 0 aliphatic carbocycles. The van der Waals surface area contributed by atoms with E-state index in [9.17, 15) is 22.0 Å². The molecule has 2 aromatic heterocycles. The molecule has 0 bridgehead atoms. The Morgan fingerprint density at radius 2 is 1.92 bits per heavy atom. The summed E-state index contributed by atoms with van der Waals surface area (Å²) >= 11 is 1.43. The van der Waals surface area contributed by atoms with E-state index in [4.69, 9.17) is 9.40 Å². The van der Waals surface area contributed by atoms with Crippen LogP contribution in [0.15, 0.2) is 58.0 Å². The van der Waals surface area contributed by atoms with Gasteiger partial charge in [0.1, 0.15) is 22.3 Å². The van der Waals surface area contributed by atoms with E-state index in [1.807, 2.05) is 19.9 Å². The molecule has 1 aliphatic heterocycles. The van der Waals surface area contributed by atoms with Crippen LogP contribution >= 0.6 is 11.3 Å². The van der Waals surface area contributed by atoms with Crippen LogP contribution < -0.4 is 4.90 Å². The van der Waals surface area contributed by atoms with E-state index < -0.39 is 32.5 Å². The third-order valence-electron chi connectivity index (χ3n) is 6.51. The number of amides is 1. The first-order chi connectivity index (χ1) is 17.6. The predicted octanol–water partition coefficient (Wildman–Crippen LogP) is 5.42. The van der Waals surface area contributed by atoms with Crippen molar-refractivity contribution in [1.82, 2.24) is 9.29 Å². The van der Waals surface area contributed by atoms with E-state index in [1.165, 1.54) is 11.3 Å². The molecule has 37 heavy (non-hydrogen) atoms. The summed E-state index contributed by atoms with van der Waals surface area (Å²) in [6.07, 6.45) is 2.03. The van der Waals surface area contributed by atoms with Crippen LogP contribution in [0.25, 0.3) is 10.2 Å². The molecule has 1 saturated heterocycles. The fourth-order valence-corrected chi connectivity index (χ4v) is 7.22. The standard InChI is InChI=1S/C26H25F2N3O4S2/c1-16-12-17(2)24-22(13-16)29-26(36-24)31(15-20-4-3-11-35-20)25(32)18-7-9-30(10-8-18)37(33,34)23-14-19(27)5-6-21(23)28/h3-6,11-14,18H,7-10,15H2,1-2H3. The zero-order valence-corrected chi connectivity index (χ0v) is 21.9. The van der Waals surface area contributed by atoms with Crippen molar-refractivity contribution in [1.29, 1.82) is 0 Å². The zero-order chi connectivity index (χ0) is 26.3. The van der Waals surface area contributed by atoms with Crippen LogP contribution in [0, 0.1) is 31.4 Å². The minimum absolute atomic E-state index is 0.0153. The summed E-state index contributed by atoms with van der Waals surface area (Å²) in [5.41, 5.74) is 2.97. The summed E-state index contributed by atoms with van der Waals surface area (Å²) in [4.78, 5) is 19.4. The number of fused-ring (bicyclic) bond motifs is 1. The Kier molecular flexibility index (Phi) is 6.86. The third kappa shape index (κ3) is 5.03. The van der Waals surface area contributed by atoms with E-state index in [-0.39, 0.29) is 38.4 Å². The first-order valence-corrected chi connectivity index (χ1v) is 14.1. The average Bonchev–Trinajstić information content (AvgIpc) is 3.53. The van der Waals surface area contributed by atoms with Gasteiger partial charge in [-0.05, 0) is 74.2 Å². The van der Waals surface area contributed by atoms with Crippen molar-refractivity contribution in [2.45, 2.75) is 38.1 Å². The lowest BCUT2D eigenvalue weighted by Crippen LogP contribution is -2.44. The van der Waals surface area contributed by atoms with Gasteiger partial charge in [0.05, 0.1) is 23.0 Å². The molecule has 0 N–H and O–H groups in total. The molecule has 0 atom stereocenters. The van der Waals surface area contributed by atoms with Crippen LogP contribution in [0.5, 0.6) is 0 Å². The molecular weight excluding hydrogens is 520 g/mol. The zero-order valence-electron chi connectivity index (χ0n) is 20.3. The van der Waals surface area contributed by atoms with Gasteiger partial charge < -0.3 is 4.42 Å². The first-order valence-electron chi connectivity index (χ1n) is 11.8. The molecule has 4 aromatic rings. The highest BCUT2D eigenvalue weighted by molar-refractivity contribution is 7.89. The summed E-state index contributed by atoms with van der Waals surface area (Å²) in [5, 5.41) is 0.544. The SMILES string of the molecule is Cc1cc(C)c2sc(N(Cc3ccco3)C(=O)C3CCN(S(=O)(=O)c4cc(F)ccc4F)CC3)nc2c1. The minimum atomic E-state index is -4.24. The number of furan rings is 1. The molecule has 0 radical (unpaired) electrons. The van der Waals surface area contributed by atoms with Crippen molar-refractivity contribution in [3.05, 3.63) is 77.2 Å². The monoisotopic (exact) mass is 545 g/mol. The Bertz CT molecular complexity index is 1560. The number of aromatic nitrogens is 1. The second-order valence-corrected chi connectivity index (χ2v) is 12.1. The first kappa shape index (κ1) is 25.5. The molecule has 0 saturated carbocycles. The maximum atomic E-state index is 14.2. The Balaban J connectivity index is 1.39. The number of anilines is 1. The molecule has 7 nitrogen and oxygen atoms in total. The van der Waals surface area contributed by atoms with Crippen LogP contribution in [-0.4, -0.2) is 36.7 Å². The van der Waals surface area contributed by atoms with E-state index in [2.05, 4.69) is 6.07 Å². The van der Waals surface area contributed by atoms with Gasteiger partial charge >= 0.3 is 0 Å². The van der Waals surface area contributed by atoms with E-state index in [0.717, 1.165) is 37.8 Å². The van der Waals surface area contributed by atoms with Gasteiger partial charge in [0, 0.05) is 19.0 Å². The van der Waals surface area contributed by atoms with Gasteiger partial charge in [0.15, 0.2) is 5.13 Å². The highest BCUT2D eigenvalue weighted by Crippen LogP contribution is 2.35. The number of carbonyl (C=O) groups excluding carboxylic acids is 1. The topological polar surface area (TPSA) is 83.7 Å². The number of sulfonamides is 1. The molecule has 3 heterocycles. The van der Waals surface area contributed by atoms with Gasteiger partial charge in [0.2, 0.25) is 15.9 Å². The second kappa shape index (κ2) is 9.96. The lowest BCUT2D eigenvalue weighted by Gasteiger charge is -2.32. The van der Waals surface area contributed by atoms with Crippen molar-refractivity contribution in [2.24, 2.45) is 5.92 Å². The van der Waals surface area contributed by atoms with E-state index >= 15 is 0 Å². The molecule has 1 aliphatic rings. The number of aryl methyl sites for hydroxylation is 2. The van der Waals surface area contributed by atoms with E-state index in [1.54, 1.807) is 23.3 Å². The minimum Gasteiger partial charge on any atom is -0.467 e. The smallest absolute Gasteiger partial charge is 0.246 e. The Labute approximate surface area is 217 Å². The van der Waals surface area contributed by atoms with Gasteiger partial charge in [-0.2, -0.15) is 4.31 Å². The molecule has 1 amide bonds. The predicted molar refractivity (Wildman–Crippen MR) is 137 cm³/mol. The Hall–Kier alpha value is -3.15. The van der Waals surface area contributed by atoms with Gasteiger partial charge in [-0.3, -0.25) is 9.69 Å². The van der Waals surface area contributed by atoms with E-state index in [0.29, 0.717) is 17.0 Å². The summed E-state index contributed by atoms with van der Waals surface area (Å²) < 4.78 is 61.4. The maximum Gasteiger partial charge on any atom is 0.246 e. The van der Waals surface area contributed by atoms with Gasteiger partial charge in [-0.1, -0.05) is 17.4 Å². The summed E-state index contributed by atoms with van der Waals surface area (Å²) in [6.45, 7) is 4.22. The third-order valence-corrected chi connectivity index (χ3v) is 9.66. The number of rotatable bonds is 6. The number of carbonyl (C=O) groups is 1. The number of hydrogen-bond donors (Lipinski definition) is 0. The molecule has 11 heteroatoms. The summed E-state index contributed by atoms with van der Waals surface area (Å²) in [6, 6.07) is 9.94. The Morgan fingerprint density at radius 3 is 2.62 bits per heavy atom. The highest BCUT2D eigenvalue weighted by Gasteiger charge is 2.36. The molecule has 0 unspecified atom stereocenters. The van der Waals surface area contributed by atoms with Gasteiger partial charge in [-0.15, -0.1) is 0 Å². The molecule has 0 spiro atoms. The van der Waals surface area contributed by atoms with Crippen LogP contribution in [-0.2, 0) is 21.4 Å². The number of thiazole rings is 1. The van der Waals surface area contributed by atoms with Crippen molar-refractivity contribution in [3.63, 3.8) is 0 Å². The normalized spacial score (nSPS) is 15.4. The quantitative estimate of drug-likeness (QED) is 0.323. The van der Waals surface area contributed by atoms with Crippen LogP contribution in [0.4, 0.5) is 13.9 Å². The number of halogens is 2. The maximum absolute atomic E-state index is 14.2. The average molecular weight is 546 g/mol. The number of benzene rings is 2. The number of nitrogens with zero attached hydrogens (tertiary/aromatic N) is 3. The van der Waals surface area contributed by atoms with Crippen LogP contribution in [0.1, 0.15) is 29.7 Å². The lowest BCUT2D eigenvalue weighted by molar-refractivity contribution is -0.123. The van der Waals surface area contributed by atoms with Crippen molar-refractivity contribution >= 4 is 42.6 Å². The van der Waals surface area contributed by atoms with Crippen molar-refractivity contribution in [3.8, 4) is 0 Å². The molecule has 194 valence electrons. The van der Waals surface area contributed by atoms with Gasteiger partial charge in [0.25, 0.3) is 0 Å². The summed E-state index contributed by atoms with van der Waals surface area (Å²) in [7, 11) is -4.24. The largest absolute Gasteiger partial charge is 0.467 e. The molecule has 5 rings (SSSR count). The Morgan fingerprint density at radius 1 is 1.16 bits per heavy atom. The summed E-state index contributed by atoms with van der Waals surface area (Å²) in [5.74, 6) is -1.89. The lowest BCUT2D eigenvalue weighted by atomic mass is 9.96. The molecule has 1 fully saturated rings. The second-order valence-electron chi connectivity index (χ2n) is 9.18. The highest BCUT2D eigenvalue weighted by atomic mass is 32.2. The van der Waals surface area contributed by atoms with Gasteiger partial charge in [-0.25, -0.2) is 22.2 Å². The van der Waals surface area contributed by atoms with Crippen LogP contribution in [0.2, 0.25) is 0 Å². The fraction of sp³-hybridized carbons (Fsp3) is 0.308.